The van der Waals surface area contributed by atoms with Crippen LogP contribution < -0.4 is 5.32 Å². The molecule has 0 radical (unpaired) electrons. The molecule has 0 bridgehead atoms. The van der Waals surface area contributed by atoms with Gasteiger partial charge in [0, 0.05) is 16.6 Å². The lowest BCUT2D eigenvalue weighted by molar-refractivity contribution is -0.113. The van der Waals surface area contributed by atoms with E-state index in [4.69, 9.17) is 0 Å². The Kier molecular flexibility index (Phi) is 4.47. The van der Waals surface area contributed by atoms with Gasteiger partial charge in [0.1, 0.15) is 5.75 Å². The first-order valence-corrected chi connectivity index (χ1v) is 6.91. The fraction of sp³-hybridized carbons (Fsp3) is 0.133. The lowest BCUT2D eigenvalue weighted by Gasteiger charge is -2.06. The van der Waals surface area contributed by atoms with E-state index in [1.54, 1.807) is 18.2 Å². The van der Waals surface area contributed by atoms with Gasteiger partial charge in [-0.15, -0.1) is 11.8 Å². The summed E-state index contributed by atoms with van der Waals surface area (Å²) in [5.41, 5.74) is 1.40. The highest BCUT2D eigenvalue weighted by Gasteiger charge is 2.05. The molecule has 0 aliphatic rings. The standard InChI is InChI=1S/C15H15NO2S/c1-11-7-8-12(9-14(11)17)16-15(18)10-19-13-5-3-2-4-6-13/h2-9,17H,10H2,1H3,(H,16,18). The van der Waals surface area contributed by atoms with Gasteiger partial charge in [0.25, 0.3) is 0 Å². The number of rotatable bonds is 4. The maximum atomic E-state index is 11.8. The first-order valence-electron chi connectivity index (χ1n) is 5.92. The molecule has 0 fully saturated rings. The minimum Gasteiger partial charge on any atom is -0.508 e. The number of carbonyl (C=O) groups excluding carboxylic acids is 1. The summed E-state index contributed by atoms with van der Waals surface area (Å²) in [5, 5.41) is 12.3. The lowest BCUT2D eigenvalue weighted by atomic mass is 10.2. The third kappa shape index (κ3) is 4.03. The first-order chi connectivity index (χ1) is 9.15. The Balaban J connectivity index is 1.89. The number of carbonyl (C=O) groups is 1. The maximum Gasteiger partial charge on any atom is 0.234 e. The summed E-state index contributed by atoms with van der Waals surface area (Å²) in [6.45, 7) is 1.81. The molecule has 0 aromatic heterocycles. The summed E-state index contributed by atoms with van der Waals surface area (Å²) in [6.07, 6.45) is 0. The molecule has 0 saturated carbocycles. The Morgan fingerprint density at radius 3 is 2.63 bits per heavy atom. The number of anilines is 1. The molecule has 0 aliphatic carbocycles. The van der Waals surface area contributed by atoms with Crippen LogP contribution in [0.4, 0.5) is 5.69 Å². The molecule has 0 saturated heterocycles. The Hall–Kier alpha value is -1.94. The van der Waals surface area contributed by atoms with Crippen molar-refractivity contribution in [1.82, 2.24) is 0 Å². The van der Waals surface area contributed by atoms with E-state index in [1.165, 1.54) is 11.8 Å². The minimum absolute atomic E-state index is 0.0860. The number of nitrogens with one attached hydrogen (secondary N) is 1. The van der Waals surface area contributed by atoms with E-state index >= 15 is 0 Å². The van der Waals surface area contributed by atoms with Crippen LogP contribution in [0.3, 0.4) is 0 Å². The van der Waals surface area contributed by atoms with E-state index in [2.05, 4.69) is 5.32 Å². The van der Waals surface area contributed by atoms with Crippen LogP contribution in [0.2, 0.25) is 0 Å². The molecule has 2 N–H and O–H groups in total. The normalized spacial score (nSPS) is 10.2. The first kappa shape index (κ1) is 13.5. The maximum absolute atomic E-state index is 11.8. The quantitative estimate of drug-likeness (QED) is 0.839. The fourth-order valence-corrected chi connectivity index (χ4v) is 2.27. The van der Waals surface area contributed by atoms with Gasteiger partial charge in [0.2, 0.25) is 5.91 Å². The van der Waals surface area contributed by atoms with Gasteiger partial charge >= 0.3 is 0 Å². The average Bonchev–Trinajstić information content (AvgIpc) is 2.42. The van der Waals surface area contributed by atoms with Crippen LogP contribution >= 0.6 is 11.8 Å². The zero-order chi connectivity index (χ0) is 13.7. The Morgan fingerprint density at radius 1 is 1.21 bits per heavy atom. The van der Waals surface area contributed by atoms with Crippen molar-refractivity contribution in [3.8, 4) is 5.75 Å². The Morgan fingerprint density at radius 2 is 1.95 bits per heavy atom. The van der Waals surface area contributed by atoms with E-state index in [-0.39, 0.29) is 11.7 Å². The second-order valence-electron chi connectivity index (χ2n) is 4.15. The van der Waals surface area contributed by atoms with E-state index in [9.17, 15) is 9.90 Å². The van der Waals surface area contributed by atoms with Gasteiger partial charge in [-0.25, -0.2) is 0 Å². The molecule has 2 aromatic carbocycles. The molecular formula is C15H15NO2S. The van der Waals surface area contributed by atoms with Crippen LogP contribution in [0.1, 0.15) is 5.56 Å². The summed E-state index contributed by atoms with van der Waals surface area (Å²) in [4.78, 5) is 12.8. The predicted molar refractivity (Wildman–Crippen MR) is 78.6 cm³/mol. The molecule has 19 heavy (non-hydrogen) atoms. The zero-order valence-corrected chi connectivity index (χ0v) is 11.4. The largest absolute Gasteiger partial charge is 0.508 e. The number of hydrogen-bond acceptors (Lipinski definition) is 3. The fourth-order valence-electron chi connectivity index (χ4n) is 1.55. The number of aryl methyl sites for hydroxylation is 1. The molecule has 3 nitrogen and oxygen atoms in total. The van der Waals surface area contributed by atoms with Crippen LogP contribution in [0.25, 0.3) is 0 Å². The molecule has 2 aromatic rings. The third-order valence-corrected chi connectivity index (χ3v) is 3.62. The number of hydrogen-bond donors (Lipinski definition) is 2. The number of phenolic OH excluding ortho intramolecular Hbond substituents is 1. The number of benzene rings is 2. The van der Waals surface area contributed by atoms with Gasteiger partial charge in [-0.1, -0.05) is 24.3 Å². The second kappa shape index (κ2) is 6.29. The molecule has 1 amide bonds. The van der Waals surface area contributed by atoms with E-state index < -0.39 is 0 Å². The van der Waals surface area contributed by atoms with Crippen molar-refractivity contribution < 1.29 is 9.90 Å². The van der Waals surface area contributed by atoms with Gasteiger partial charge in [0.15, 0.2) is 0 Å². The smallest absolute Gasteiger partial charge is 0.234 e. The second-order valence-corrected chi connectivity index (χ2v) is 5.20. The topological polar surface area (TPSA) is 49.3 Å². The minimum atomic E-state index is -0.0860. The SMILES string of the molecule is Cc1ccc(NC(=O)CSc2ccccc2)cc1O. The predicted octanol–water partition coefficient (Wildman–Crippen LogP) is 3.43. The van der Waals surface area contributed by atoms with E-state index in [0.29, 0.717) is 11.4 Å². The molecule has 0 heterocycles. The van der Waals surface area contributed by atoms with Crippen molar-refractivity contribution in [2.45, 2.75) is 11.8 Å². The highest BCUT2D eigenvalue weighted by molar-refractivity contribution is 8.00. The highest BCUT2D eigenvalue weighted by atomic mass is 32.2. The van der Waals surface area contributed by atoms with Crippen LogP contribution in [-0.2, 0) is 4.79 Å². The van der Waals surface area contributed by atoms with Gasteiger partial charge in [-0.05, 0) is 30.7 Å². The highest BCUT2D eigenvalue weighted by Crippen LogP contribution is 2.22. The van der Waals surface area contributed by atoms with Crippen molar-refractivity contribution in [3.63, 3.8) is 0 Å². The third-order valence-electron chi connectivity index (χ3n) is 2.61. The van der Waals surface area contributed by atoms with Gasteiger partial charge in [-0.2, -0.15) is 0 Å². The molecule has 98 valence electrons. The molecule has 0 atom stereocenters. The molecule has 0 unspecified atom stereocenters. The number of phenols is 1. The van der Waals surface area contributed by atoms with Crippen molar-refractivity contribution in [2.24, 2.45) is 0 Å². The summed E-state index contributed by atoms with van der Waals surface area (Å²) >= 11 is 1.48. The van der Waals surface area contributed by atoms with Crippen LogP contribution in [0, 0.1) is 6.92 Å². The van der Waals surface area contributed by atoms with Crippen molar-refractivity contribution in [1.29, 1.82) is 0 Å². The van der Waals surface area contributed by atoms with Crippen LogP contribution in [0.15, 0.2) is 53.4 Å². The molecular weight excluding hydrogens is 258 g/mol. The summed E-state index contributed by atoms with van der Waals surface area (Å²) < 4.78 is 0. The van der Waals surface area contributed by atoms with Crippen LogP contribution in [0.5, 0.6) is 5.75 Å². The summed E-state index contributed by atoms with van der Waals surface area (Å²) in [6, 6.07) is 14.9. The zero-order valence-electron chi connectivity index (χ0n) is 10.6. The van der Waals surface area contributed by atoms with Crippen LogP contribution in [-0.4, -0.2) is 16.8 Å². The molecule has 2 rings (SSSR count). The average molecular weight is 273 g/mol. The molecule has 4 heteroatoms. The molecule has 0 spiro atoms. The van der Waals surface area contributed by atoms with Gasteiger partial charge in [0.05, 0.1) is 5.75 Å². The van der Waals surface area contributed by atoms with E-state index in [0.717, 1.165) is 10.5 Å². The Bertz CT molecular complexity index is 570. The number of aromatic hydroxyl groups is 1. The Labute approximate surface area is 116 Å². The van der Waals surface area contributed by atoms with Gasteiger partial charge < -0.3 is 10.4 Å². The summed E-state index contributed by atoms with van der Waals surface area (Å²) in [5.74, 6) is 0.448. The number of amides is 1. The lowest BCUT2D eigenvalue weighted by Crippen LogP contribution is -2.13. The van der Waals surface area contributed by atoms with Crippen molar-refractivity contribution in [3.05, 3.63) is 54.1 Å². The van der Waals surface area contributed by atoms with E-state index in [1.807, 2.05) is 37.3 Å². The van der Waals surface area contributed by atoms with Crippen molar-refractivity contribution >= 4 is 23.4 Å². The number of thioether (sulfide) groups is 1. The van der Waals surface area contributed by atoms with Crippen molar-refractivity contribution in [2.75, 3.05) is 11.1 Å². The van der Waals surface area contributed by atoms with Gasteiger partial charge in [-0.3, -0.25) is 4.79 Å². The summed E-state index contributed by atoms with van der Waals surface area (Å²) in [7, 11) is 0. The molecule has 0 aliphatic heterocycles. The monoisotopic (exact) mass is 273 g/mol.